The van der Waals surface area contributed by atoms with Gasteiger partial charge in [0.1, 0.15) is 0 Å². The van der Waals surface area contributed by atoms with Gasteiger partial charge in [-0.15, -0.1) is 10.1 Å². The van der Waals surface area contributed by atoms with Crippen molar-refractivity contribution in [2.24, 2.45) is 0 Å². The zero-order chi connectivity index (χ0) is 24.2. The van der Waals surface area contributed by atoms with Gasteiger partial charge in [-0.25, -0.2) is 4.79 Å². The molecule has 0 spiro atoms. The molecule has 3 rings (SSSR count). The van der Waals surface area contributed by atoms with Gasteiger partial charge in [-0.2, -0.15) is 0 Å². The summed E-state index contributed by atoms with van der Waals surface area (Å²) in [5, 5.41) is 1.27. The van der Waals surface area contributed by atoms with E-state index < -0.39 is 35.2 Å². The van der Waals surface area contributed by atoms with E-state index in [1.54, 1.807) is 36.2 Å². The molecule has 2 aliphatic rings. The number of ether oxygens (including phenoxy) is 1. The molecule has 0 saturated carbocycles. The maximum atomic E-state index is 12.3. The van der Waals surface area contributed by atoms with Crippen LogP contribution in [0, 0.1) is 0 Å². The minimum Gasteiger partial charge on any atom is -0.373 e. The fourth-order valence-electron chi connectivity index (χ4n) is 3.35. The zero-order valence-electron chi connectivity index (χ0n) is 18.9. The highest BCUT2D eigenvalue weighted by Crippen LogP contribution is 2.23. The summed E-state index contributed by atoms with van der Waals surface area (Å²) in [4.78, 5) is 71.4. The number of nitrogens with zero attached hydrogens (tertiary/aromatic N) is 3. The van der Waals surface area contributed by atoms with Crippen molar-refractivity contribution in [3.05, 3.63) is 35.4 Å². The van der Waals surface area contributed by atoms with Crippen LogP contribution >= 0.6 is 0 Å². The number of hydrogen-bond acceptors (Lipinski definition) is 9. The summed E-state index contributed by atoms with van der Waals surface area (Å²) in [5.74, 6) is -2.74. The summed E-state index contributed by atoms with van der Waals surface area (Å²) < 4.78 is 5.81. The number of rotatable bonds is 11. The number of amides is 4. The van der Waals surface area contributed by atoms with Gasteiger partial charge in [0.15, 0.2) is 0 Å². The van der Waals surface area contributed by atoms with E-state index in [2.05, 4.69) is 0 Å². The maximum Gasteiger partial charge on any atom is 0.347 e. The lowest BCUT2D eigenvalue weighted by Crippen LogP contribution is -2.38. The molecule has 2 aliphatic heterocycles. The normalized spacial score (nSPS) is 16.2. The van der Waals surface area contributed by atoms with Gasteiger partial charge >= 0.3 is 5.97 Å². The molecule has 11 heteroatoms. The van der Waals surface area contributed by atoms with Gasteiger partial charge in [0, 0.05) is 19.4 Å². The standard InChI is InChI=1S/C22H27N3O8/c1-22(2,10-11-23(3)14-19(28)33-24-17(26)8-9-18(24)27)31-12-13-32-25-20(29)15-6-4-5-7-16(15)21(25)30/h4-7H,8-14H2,1-3H3. The van der Waals surface area contributed by atoms with E-state index in [0.29, 0.717) is 29.2 Å². The molecule has 0 atom stereocenters. The topological polar surface area (TPSA) is 123 Å². The number of carbonyl (C=O) groups excluding carboxylic acids is 5. The summed E-state index contributed by atoms with van der Waals surface area (Å²) in [6.45, 7) is 4.25. The highest BCUT2D eigenvalue weighted by molar-refractivity contribution is 6.20. The van der Waals surface area contributed by atoms with Gasteiger partial charge in [0.2, 0.25) is 0 Å². The van der Waals surface area contributed by atoms with Crippen LogP contribution in [0.2, 0.25) is 0 Å². The van der Waals surface area contributed by atoms with Gasteiger partial charge < -0.3 is 9.57 Å². The molecule has 1 saturated heterocycles. The van der Waals surface area contributed by atoms with Gasteiger partial charge in [-0.05, 0) is 39.4 Å². The number of likely N-dealkylation sites (N-methyl/N-ethyl adjacent to an activating group) is 1. The minimum absolute atomic E-state index is 0.00888. The van der Waals surface area contributed by atoms with E-state index in [0.717, 1.165) is 5.06 Å². The van der Waals surface area contributed by atoms with Gasteiger partial charge in [-0.1, -0.05) is 12.1 Å². The Labute approximate surface area is 191 Å². The summed E-state index contributed by atoms with van der Waals surface area (Å²) in [6, 6.07) is 6.51. The van der Waals surface area contributed by atoms with E-state index in [4.69, 9.17) is 14.4 Å². The number of imide groups is 2. The summed E-state index contributed by atoms with van der Waals surface area (Å²) in [6.07, 6.45) is 0.639. The fourth-order valence-corrected chi connectivity index (χ4v) is 3.35. The Bertz CT molecular complexity index is 910. The molecule has 0 N–H and O–H groups in total. The van der Waals surface area contributed by atoms with Crippen LogP contribution in [0.15, 0.2) is 24.3 Å². The average molecular weight is 461 g/mol. The van der Waals surface area contributed by atoms with Crippen LogP contribution in [0.4, 0.5) is 0 Å². The first kappa shape index (κ1) is 24.5. The van der Waals surface area contributed by atoms with Crippen molar-refractivity contribution in [3.8, 4) is 0 Å². The zero-order valence-corrected chi connectivity index (χ0v) is 18.9. The van der Waals surface area contributed by atoms with Crippen molar-refractivity contribution in [2.45, 2.75) is 38.7 Å². The Balaban J connectivity index is 1.35. The maximum absolute atomic E-state index is 12.3. The third-order valence-electron chi connectivity index (χ3n) is 5.25. The second-order valence-corrected chi connectivity index (χ2v) is 8.42. The van der Waals surface area contributed by atoms with Crippen LogP contribution < -0.4 is 0 Å². The molecule has 1 aromatic carbocycles. The Morgan fingerprint density at radius 1 is 0.970 bits per heavy atom. The molecule has 0 aliphatic carbocycles. The molecule has 11 nitrogen and oxygen atoms in total. The van der Waals surface area contributed by atoms with Crippen LogP contribution in [0.1, 0.15) is 53.8 Å². The van der Waals surface area contributed by atoms with E-state index in [1.165, 1.54) is 0 Å². The Morgan fingerprint density at radius 3 is 2.12 bits per heavy atom. The molecule has 0 bridgehead atoms. The average Bonchev–Trinajstić information content (AvgIpc) is 3.21. The lowest BCUT2D eigenvalue weighted by atomic mass is 10.1. The Kier molecular flexibility index (Phi) is 7.57. The van der Waals surface area contributed by atoms with Crippen LogP contribution in [-0.2, 0) is 28.8 Å². The van der Waals surface area contributed by atoms with Crippen LogP contribution in [0.3, 0.4) is 0 Å². The van der Waals surface area contributed by atoms with Gasteiger partial charge in [-0.3, -0.25) is 28.9 Å². The summed E-state index contributed by atoms with van der Waals surface area (Å²) >= 11 is 0. The highest BCUT2D eigenvalue weighted by Gasteiger charge is 2.36. The smallest absolute Gasteiger partial charge is 0.347 e. The third-order valence-corrected chi connectivity index (χ3v) is 5.25. The molecule has 33 heavy (non-hydrogen) atoms. The van der Waals surface area contributed by atoms with Crippen molar-refractivity contribution in [1.82, 2.24) is 15.0 Å². The highest BCUT2D eigenvalue weighted by atomic mass is 16.7. The van der Waals surface area contributed by atoms with E-state index >= 15 is 0 Å². The first-order chi connectivity index (χ1) is 15.6. The van der Waals surface area contributed by atoms with E-state index in [1.807, 2.05) is 13.8 Å². The predicted octanol–water partition coefficient (Wildman–Crippen LogP) is 0.938. The van der Waals surface area contributed by atoms with Gasteiger partial charge in [0.25, 0.3) is 23.6 Å². The molecular formula is C22H27N3O8. The van der Waals surface area contributed by atoms with Crippen LogP contribution in [0.5, 0.6) is 0 Å². The quantitative estimate of drug-likeness (QED) is 0.350. The largest absolute Gasteiger partial charge is 0.373 e. The summed E-state index contributed by atoms with van der Waals surface area (Å²) in [5.41, 5.74) is 0.0391. The molecular weight excluding hydrogens is 434 g/mol. The minimum atomic E-state index is -0.700. The van der Waals surface area contributed by atoms with Crippen LogP contribution in [0.25, 0.3) is 0 Å². The van der Waals surface area contributed by atoms with Crippen molar-refractivity contribution in [2.75, 3.05) is 33.4 Å². The number of fused-ring (bicyclic) bond motifs is 1. The molecule has 2 heterocycles. The third kappa shape index (κ3) is 6.01. The van der Waals surface area contributed by atoms with Crippen molar-refractivity contribution < 1.29 is 38.4 Å². The van der Waals surface area contributed by atoms with Crippen molar-refractivity contribution in [3.63, 3.8) is 0 Å². The molecule has 1 fully saturated rings. The lowest BCUT2D eigenvalue weighted by Gasteiger charge is -2.28. The Hall–Kier alpha value is -3.15. The fraction of sp³-hybridized carbons (Fsp3) is 0.500. The first-order valence-corrected chi connectivity index (χ1v) is 10.6. The van der Waals surface area contributed by atoms with E-state index in [9.17, 15) is 24.0 Å². The predicted molar refractivity (Wildman–Crippen MR) is 112 cm³/mol. The number of hydroxylamine groups is 4. The van der Waals surface area contributed by atoms with Gasteiger partial charge in [0.05, 0.1) is 36.5 Å². The second kappa shape index (κ2) is 10.2. The van der Waals surface area contributed by atoms with E-state index in [-0.39, 0.29) is 32.6 Å². The second-order valence-electron chi connectivity index (χ2n) is 8.42. The van der Waals surface area contributed by atoms with Crippen LogP contribution in [-0.4, -0.2) is 83.6 Å². The molecule has 4 amide bonds. The summed E-state index contributed by atoms with van der Waals surface area (Å²) in [7, 11) is 1.70. The van der Waals surface area contributed by atoms with Crippen molar-refractivity contribution >= 4 is 29.6 Å². The van der Waals surface area contributed by atoms with Crippen molar-refractivity contribution in [1.29, 1.82) is 0 Å². The first-order valence-electron chi connectivity index (χ1n) is 10.6. The molecule has 0 unspecified atom stereocenters. The molecule has 1 aromatic rings. The SMILES string of the molecule is CN(CCC(C)(C)OCCON1C(=O)c2ccccc2C1=O)CC(=O)ON1C(=O)CCC1=O. The lowest BCUT2D eigenvalue weighted by molar-refractivity contribution is -0.198. The number of hydrogen-bond donors (Lipinski definition) is 0. The molecule has 0 radical (unpaired) electrons. The monoisotopic (exact) mass is 461 g/mol. The molecule has 0 aromatic heterocycles. The number of benzene rings is 1. The molecule has 178 valence electrons. The Morgan fingerprint density at radius 2 is 1.55 bits per heavy atom. The number of carbonyl (C=O) groups is 5.